The van der Waals surface area contributed by atoms with Crippen LogP contribution in [0.5, 0.6) is 5.75 Å². The number of carbonyl (C=O) groups is 1. The first-order valence-corrected chi connectivity index (χ1v) is 8.24. The van der Waals surface area contributed by atoms with Gasteiger partial charge in [0.25, 0.3) is 0 Å². The van der Waals surface area contributed by atoms with Gasteiger partial charge in [0.2, 0.25) is 5.91 Å². The van der Waals surface area contributed by atoms with Crippen LogP contribution in [0.4, 0.5) is 0 Å². The molecule has 0 spiro atoms. The highest BCUT2D eigenvalue weighted by Crippen LogP contribution is 2.22. The Balaban J connectivity index is 1.52. The molecular weight excluding hydrogens is 304 g/mol. The topological polar surface area (TPSA) is 73.7 Å². The molecule has 1 aromatic heterocycles. The molecule has 2 aromatic rings. The van der Waals surface area contributed by atoms with Crippen molar-refractivity contribution in [2.45, 2.75) is 25.4 Å². The number of phenols is 1. The number of phenolic OH excluding ortho intramolecular Hbond substituents is 1. The van der Waals surface area contributed by atoms with E-state index < -0.39 is 6.10 Å². The average Bonchev–Trinajstić information content (AvgIpc) is 2.96. The van der Waals surface area contributed by atoms with Gasteiger partial charge in [-0.25, -0.2) is 0 Å². The van der Waals surface area contributed by atoms with Crippen LogP contribution in [0.2, 0.25) is 0 Å². The minimum atomic E-state index is -0.476. The van der Waals surface area contributed by atoms with E-state index in [0.717, 1.165) is 17.5 Å². The Labute approximate surface area is 141 Å². The highest BCUT2D eigenvalue weighted by molar-refractivity contribution is 5.76. The number of carbonyl (C=O) groups excluding carboxylic acids is 1. The van der Waals surface area contributed by atoms with Crippen molar-refractivity contribution in [1.82, 2.24) is 9.88 Å². The van der Waals surface area contributed by atoms with Crippen LogP contribution in [0.3, 0.4) is 0 Å². The summed E-state index contributed by atoms with van der Waals surface area (Å²) in [4.78, 5) is 18.1. The van der Waals surface area contributed by atoms with Gasteiger partial charge < -0.3 is 15.1 Å². The van der Waals surface area contributed by atoms with Crippen LogP contribution in [0.1, 0.15) is 17.5 Å². The molecule has 0 saturated carbocycles. The molecule has 1 aliphatic rings. The number of pyridine rings is 1. The van der Waals surface area contributed by atoms with Crippen LogP contribution in [0, 0.1) is 5.92 Å². The molecule has 0 bridgehead atoms. The minimum Gasteiger partial charge on any atom is -0.508 e. The minimum absolute atomic E-state index is 0.0688. The molecule has 2 N–H and O–H groups in total. The summed E-state index contributed by atoms with van der Waals surface area (Å²) in [6.45, 7) is 1.00. The maximum atomic E-state index is 12.4. The summed E-state index contributed by atoms with van der Waals surface area (Å²) in [5, 5.41) is 19.5. The third-order valence-corrected chi connectivity index (χ3v) is 4.57. The maximum Gasteiger partial charge on any atom is 0.223 e. The normalized spacial score (nSPS) is 20.3. The van der Waals surface area contributed by atoms with E-state index in [9.17, 15) is 15.0 Å². The molecule has 0 aliphatic carbocycles. The van der Waals surface area contributed by atoms with E-state index in [0.29, 0.717) is 25.9 Å². The lowest BCUT2D eigenvalue weighted by molar-refractivity contribution is -0.130. The fourth-order valence-corrected chi connectivity index (χ4v) is 3.15. The molecule has 5 heteroatoms. The van der Waals surface area contributed by atoms with Gasteiger partial charge in [-0.15, -0.1) is 0 Å². The van der Waals surface area contributed by atoms with Crippen molar-refractivity contribution in [3.8, 4) is 5.75 Å². The van der Waals surface area contributed by atoms with Gasteiger partial charge in [0, 0.05) is 37.8 Å². The first-order valence-electron chi connectivity index (χ1n) is 8.24. The van der Waals surface area contributed by atoms with Crippen molar-refractivity contribution in [1.29, 1.82) is 0 Å². The molecule has 3 rings (SSSR count). The zero-order valence-electron chi connectivity index (χ0n) is 13.5. The van der Waals surface area contributed by atoms with Gasteiger partial charge >= 0.3 is 0 Å². The largest absolute Gasteiger partial charge is 0.508 e. The lowest BCUT2D eigenvalue weighted by Gasteiger charge is -2.16. The van der Waals surface area contributed by atoms with Crippen molar-refractivity contribution in [3.05, 3.63) is 59.9 Å². The number of benzene rings is 1. The number of hydrogen-bond acceptors (Lipinski definition) is 4. The molecular formula is C19H22N2O3. The van der Waals surface area contributed by atoms with E-state index in [2.05, 4.69) is 4.98 Å². The smallest absolute Gasteiger partial charge is 0.223 e. The van der Waals surface area contributed by atoms with Gasteiger partial charge in [-0.2, -0.15) is 0 Å². The lowest BCUT2D eigenvalue weighted by Crippen LogP contribution is -2.29. The quantitative estimate of drug-likeness (QED) is 0.878. The van der Waals surface area contributed by atoms with Crippen LogP contribution >= 0.6 is 0 Å². The summed E-state index contributed by atoms with van der Waals surface area (Å²) in [6, 6.07) is 10.8. The van der Waals surface area contributed by atoms with Gasteiger partial charge in [-0.3, -0.25) is 9.78 Å². The zero-order chi connectivity index (χ0) is 16.9. The van der Waals surface area contributed by atoms with Gasteiger partial charge in [-0.05, 0) is 48.2 Å². The van der Waals surface area contributed by atoms with Crippen LogP contribution < -0.4 is 0 Å². The Morgan fingerprint density at radius 3 is 2.50 bits per heavy atom. The summed E-state index contributed by atoms with van der Waals surface area (Å²) in [5.74, 6) is 0.371. The van der Waals surface area contributed by atoms with Crippen molar-refractivity contribution >= 4 is 5.91 Å². The van der Waals surface area contributed by atoms with E-state index in [4.69, 9.17) is 0 Å². The van der Waals surface area contributed by atoms with Gasteiger partial charge in [0.05, 0.1) is 6.10 Å². The number of rotatable bonds is 5. The molecule has 126 valence electrons. The monoisotopic (exact) mass is 326 g/mol. The summed E-state index contributed by atoms with van der Waals surface area (Å²) >= 11 is 0. The fraction of sp³-hybridized carbons (Fsp3) is 0.368. The third kappa shape index (κ3) is 4.11. The molecule has 2 heterocycles. The number of amides is 1. The molecule has 0 unspecified atom stereocenters. The van der Waals surface area contributed by atoms with E-state index in [1.165, 1.54) is 0 Å². The van der Waals surface area contributed by atoms with Crippen LogP contribution in [0.15, 0.2) is 48.8 Å². The first kappa shape index (κ1) is 16.5. The van der Waals surface area contributed by atoms with Crippen molar-refractivity contribution in [3.63, 3.8) is 0 Å². The molecule has 24 heavy (non-hydrogen) atoms. The Hall–Kier alpha value is -2.40. The van der Waals surface area contributed by atoms with E-state index in [-0.39, 0.29) is 17.6 Å². The van der Waals surface area contributed by atoms with Gasteiger partial charge in [-0.1, -0.05) is 12.1 Å². The zero-order valence-corrected chi connectivity index (χ0v) is 13.5. The maximum absolute atomic E-state index is 12.4. The number of hydrogen-bond donors (Lipinski definition) is 2. The SMILES string of the molecule is O=C(CCc1ccc(O)cc1)N1C[C@@H](Cc2ccncc2)[C@H](O)C1. The fourth-order valence-electron chi connectivity index (χ4n) is 3.15. The van der Waals surface area contributed by atoms with Crippen LogP contribution in [0.25, 0.3) is 0 Å². The van der Waals surface area contributed by atoms with Crippen LogP contribution in [-0.4, -0.2) is 45.2 Å². The van der Waals surface area contributed by atoms with Crippen molar-refractivity contribution in [2.24, 2.45) is 5.92 Å². The Morgan fingerprint density at radius 1 is 1.08 bits per heavy atom. The Morgan fingerprint density at radius 2 is 1.79 bits per heavy atom. The standard InChI is InChI=1S/C19H22N2O3/c22-17-4-1-14(2-5-17)3-6-19(24)21-12-16(18(23)13-21)11-15-7-9-20-10-8-15/h1-2,4-5,7-10,16,18,22-23H,3,6,11-13H2/t16-,18-/m1/s1. The number of aromatic hydroxyl groups is 1. The second-order valence-electron chi connectivity index (χ2n) is 6.35. The van der Waals surface area contributed by atoms with Gasteiger partial charge in [0.15, 0.2) is 0 Å². The number of likely N-dealkylation sites (tertiary alicyclic amines) is 1. The molecule has 1 aromatic carbocycles. The van der Waals surface area contributed by atoms with Crippen molar-refractivity contribution < 1.29 is 15.0 Å². The Bertz CT molecular complexity index is 673. The van der Waals surface area contributed by atoms with E-state index in [1.807, 2.05) is 24.3 Å². The summed E-state index contributed by atoms with van der Waals surface area (Å²) < 4.78 is 0. The highest BCUT2D eigenvalue weighted by atomic mass is 16.3. The summed E-state index contributed by atoms with van der Waals surface area (Å²) in [7, 11) is 0. The number of β-amino-alcohol motifs (C(OH)–C–C–N with tert-alkyl or cyclic N) is 1. The molecule has 1 aliphatic heterocycles. The molecule has 5 nitrogen and oxygen atoms in total. The lowest BCUT2D eigenvalue weighted by atomic mass is 9.97. The van der Waals surface area contributed by atoms with E-state index >= 15 is 0 Å². The summed E-state index contributed by atoms with van der Waals surface area (Å²) in [6.07, 6.45) is 4.83. The van der Waals surface area contributed by atoms with E-state index in [1.54, 1.807) is 29.4 Å². The predicted molar refractivity (Wildman–Crippen MR) is 90.4 cm³/mol. The number of aliphatic hydroxyl groups excluding tert-OH is 1. The number of aliphatic hydroxyl groups is 1. The second-order valence-corrected chi connectivity index (χ2v) is 6.35. The van der Waals surface area contributed by atoms with Gasteiger partial charge in [0.1, 0.15) is 5.75 Å². The van der Waals surface area contributed by atoms with Crippen molar-refractivity contribution in [2.75, 3.05) is 13.1 Å². The highest BCUT2D eigenvalue weighted by Gasteiger charge is 2.33. The molecule has 0 radical (unpaired) electrons. The number of aryl methyl sites for hydroxylation is 1. The Kier molecular flexibility index (Phi) is 5.11. The summed E-state index contributed by atoms with van der Waals surface area (Å²) in [5.41, 5.74) is 2.15. The number of aromatic nitrogens is 1. The predicted octanol–water partition coefficient (Wildman–Crippen LogP) is 1.78. The third-order valence-electron chi connectivity index (χ3n) is 4.57. The number of nitrogens with zero attached hydrogens (tertiary/aromatic N) is 2. The molecule has 2 atom stereocenters. The molecule has 1 amide bonds. The first-order chi connectivity index (χ1) is 11.6. The molecule has 1 saturated heterocycles. The second kappa shape index (κ2) is 7.45. The molecule has 1 fully saturated rings. The average molecular weight is 326 g/mol. The van der Waals surface area contributed by atoms with Crippen LogP contribution in [-0.2, 0) is 17.6 Å².